The predicted molar refractivity (Wildman–Crippen MR) is 75.8 cm³/mol. The third-order valence-corrected chi connectivity index (χ3v) is 2.84. The summed E-state index contributed by atoms with van der Waals surface area (Å²) in [6.07, 6.45) is -0.549. The van der Waals surface area contributed by atoms with Crippen LogP contribution in [0.4, 0.5) is 0 Å². The molecule has 20 heavy (non-hydrogen) atoms. The summed E-state index contributed by atoms with van der Waals surface area (Å²) < 4.78 is 10.0. The van der Waals surface area contributed by atoms with E-state index in [1.54, 1.807) is 38.1 Å². The molecule has 0 aliphatic rings. The van der Waals surface area contributed by atoms with Gasteiger partial charge in [-0.25, -0.2) is 0 Å². The zero-order valence-electron chi connectivity index (χ0n) is 11.7. The minimum atomic E-state index is -0.670. The smallest absolute Gasteiger partial charge is 0.307 e. The van der Waals surface area contributed by atoms with E-state index in [1.165, 1.54) is 7.11 Å². The van der Waals surface area contributed by atoms with Crippen LogP contribution in [0.25, 0.3) is 0 Å². The molecule has 0 aliphatic carbocycles. The summed E-state index contributed by atoms with van der Waals surface area (Å²) in [6.45, 7) is 3.36. The number of methoxy groups -OCH3 is 1. The Morgan fingerprint density at radius 2 is 1.85 bits per heavy atom. The molecule has 0 radical (unpaired) electrons. The molecule has 110 valence electrons. The highest BCUT2D eigenvalue weighted by Gasteiger charge is 2.18. The molecule has 6 heteroatoms. The van der Waals surface area contributed by atoms with Crippen molar-refractivity contribution in [2.75, 3.05) is 7.11 Å². The van der Waals surface area contributed by atoms with Gasteiger partial charge in [-0.15, -0.1) is 0 Å². The number of carbonyl (C=O) groups excluding carboxylic acids is 2. The van der Waals surface area contributed by atoms with Crippen LogP contribution < -0.4 is 10.1 Å². The molecule has 0 heterocycles. The van der Waals surface area contributed by atoms with Crippen LogP contribution in [0, 0.1) is 0 Å². The number of hydrogen-bond donors (Lipinski definition) is 1. The van der Waals surface area contributed by atoms with E-state index in [0.717, 1.165) is 0 Å². The summed E-state index contributed by atoms with van der Waals surface area (Å²) in [7, 11) is 1.31. The Morgan fingerprint density at radius 1 is 1.25 bits per heavy atom. The molecule has 0 bridgehead atoms. The SMILES string of the molecule is COC(=O)CC(C)NC(=O)C(C)Oc1ccc(Cl)cc1. The Balaban J connectivity index is 2.46. The summed E-state index contributed by atoms with van der Waals surface area (Å²) in [6, 6.07) is 6.42. The number of benzene rings is 1. The number of rotatable bonds is 6. The first-order valence-corrected chi connectivity index (χ1v) is 6.59. The standard InChI is InChI=1S/C14H18ClNO4/c1-9(8-13(17)19-3)16-14(18)10(2)20-12-6-4-11(15)5-7-12/h4-7,9-10H,8H2,1-3H3,(H,16,18). The van der Waals surface area contributed by atoms with Gasteiger partial charge in [-0.3, -0.25) is 9.59 Å². The van der Waals surface area contributed by atoms with Crippen LogP contribution in [-0.2, 0) is 14.3 Å². The molecular formula is C14H18ClNO4. The average molecular weight is 300 g/mol. The van der Waals surface area contributed by atoms with Crippen molar-refractivity contribution in [2.45, 2.75) is 32.4 Å². The fourth-order valence-corrected chi connectivity index (χ4v) is 1.64. The number of halogens is 1. The maximum atomic E-state index is 11.9. The molecule has 1 aromatic carbocycles. The largest absolute Gasteiger partial charge is 0.481 e. The Labute approximate surface area is 123 Å². The van der Waals surface area contributed by atoms with Crippen LogP contribution in [-0.4, -0.2) is 31.1 Å². The minimum Gasteiger partial charge on any atom is -0.481 e. The number of hydrogen-bond acceptors (Lipinski definition) is 4. The Bertz CT molecular complexity index is 461. The van der Waals surface area contributed by atoms with Crippen LogP contribution in [0.1, 0.15) is 20.3 Å². The third-order valence-electron chi connectivity index (χ3n) is 2.58. The molecule has 0 spiro atoms. The molecule has 0 fully saturated rings. The molecule has 1 aromatic rings. The average Bonchev–Trinajstić information content (AvgIpc) is 2.40. The van der Waals surface area contributed by atoms with E-state index in [0.29, 0.717) is 10.8 Å². The van der Waals surface area contributed by atoms with E-state index in [2.05, 4.69) is 10.1 Å². The van der Waals surface area contributed by atoms with Gasteiger partial charge in [-0.05, 0) is 38.1 Å². The van der Waals surface area contributed by atoms with Gasteiger partial charge >= 0.3 is 5.97 Å². The molecule has 0 aromatic heterocycles. The van der Waals surface area contributed by atoms with E-state index in [4.69, 9.17) is 16.3 Å². The Hall–Kier alpha value is -1.75. The lowest BCUT2D eigenvalue weighted by Gasteiger charge is -2.18. The van der Waals surface area contributed by atoms with Gasteiger partial charge in [-0.2, -0.15) is 0 Å². The van der Waals surface area contributed by atoms with Crippen molar-refractivity contribution in [3.05, 3.63) is 29.3 Å². The van der Waals surface area contributed by atoms with Gasteiger partial charge in [0.2, 0.25) is 0 Å². The fraction of sp³-hybridized carbons (Fsp3) is 0.429. The van der Waals surface area contributed by atoms with Crippen LogP contribution in [0.2, 0.25) is 5.02 Å². The molecule has 2 atom stereocenters. The second-order valence-electron chi connectivity index (χ2n) is 4.40. The maximum absolute atomic E-state index is 11.9. The molecular weight excluding hydrogens is 282 g/mol. The third kappa shape index (κ3) is 5.48. The number of amides is 1. The Kier molecular flexibility index (Phi) is 6.31. The van der Waals surface area contributed by atoms with Crippen molar-refractivity contribution in [3.8, 4) is 5.75 Å². The van der Waals surface area contributed by atoms with Gasteiger partial charge in [0.15, 0.2) is 6.10 Å². The molecule has 2 unspecified atom stereocenters. The second kappa shape index (κ2) is 7.75. The van der Waals surface area contributed by atoms with E-state index >= 15 is 0 Å². The van der Waals surface area contributed by atoms with Crippen molar-refractivity contribution in [1.29, 1.82) is 0 Å². The minimum absolute atomic E-state index is 0.121. The fourth-order valence-electron chi connectivity index (χ4n) is 1.52. The molecule has 1 rings (SSSR count). The van der Waals surface area contributed by atoms with Crippen molar-refractivity contribution in [3.63, 3.8) is 0 Å². The monoisotopic (exact) mass is 299 g/mol. The number of esters is 1. The van der Waals surface area contributed by atoms with E-state index < -0.39 is 6.10 Å². The topological polar surface area (TPSA) is 64.6 Å². The molecule has 1 N–H and O–H groups in total. The molecule has 0 saturated carbocycles. The quantitative estimate of drug-likeness (QED) is 0.818. The van der Waals surface area contributed by atoms with Gasteiger partial charge < -0.3 is 14.8 Å². The molecule has 0 saturated heterocycles. The number of carbonyl (C=O) groups is 2. The van der Waals surface area contributed by atoms with Gasteiger partial charge in [0.25, 0.3) is 5.91 Å². The number of nitrogens with one attached hydrogen (secondary N) is 1. The van der Waals surface area contributed by atoms with Crippen molar-refractivity contribution in [2.24, 2.45) is 0 Å². The first-order valence-electron chi connectivity index (χ1n) is 6.21. The van der Waals surface area contributed by atoms with Gasteiger partial charge in [0, 0.05) is 11.1 Å². The first kappa shape index (κ1) is 16.3. The predicted octanol–water partition coefficient (Wildman–Crippen LogP) is 2.18. The zero-order chi connectivity index (χ0) is 15.1. The van der Waals surface area contributed by atoms with Gasteiger partial charge in [0.1, 0.15) is 5.75 Å². The first-order chi connectivity index (χ1) is 9.42. The lowest BCUT2D eigenvalue weighted by Crippen LogP contribution is -2.42. The van der Waals surface area contributed by atoms with Gasteiger partial charge in [-0.1, -0.05) is 11.6 Å². The second-order valence-corrected chi connectivity index (χ2v) is 4.84. The summed E-state index contributed by atoms with van der Waals surface area (Å²) in [5, 5.41) is 3.28. The number of ether oxygens (including phenoxy) is 2. The van der Waals surface area contributed by atoms with Crippen molar-refractivity contribution >= 4 is 23.5 Å². The van der Waals surface area contributed by atoms with E-state index in [1.807, 2.05) is 0 Å². The highest BCUT2D eigenvalue weighted by Crippen LogP contribution is 2.16. The van der Waals surface area contributed by atoms with Crippen molar-refractivity contribution in [1.82, 2.24) is 5.32 Å². The Morgan fingerprint density at radius 3 is 2.40 bits per heavy atom. The summed E-state index contributed by atoms with van der Waals surface area (Å²) in [5.41, 5.74) is 0. The molecule has 5 nitrogen and oxygen atoms in total. The highest BCUT2D eigenvalue weighted by molar-refractivity contribution is 6.30. The highest BCUT2D eigenvalue weighted by atomic mass is 35.5. The molecule has 0 aliphatic heterocycles. The normalized spacial score (nSPS) is 13.2. The van der Waals surface area contributed by atoms with Crippen molar-refractivity contribution < 1.29 is 19.1 Å². The van der Waals surface area contributed by atoms with Crippen LogP contribution >= 0.6 is 11.6 Å². The summed E-state index contributed by atoms with van der Waals surface area (Å²) in [4.78, 5) is 23.0. The van der Waals surface area contributed by atoms with Gasteiger partial charge in [0.05, 0.1) is 13.5 Å². The van der Waals surface area contributed by atoms with Crippen LogP contribution in [0.3, 0.4) is 0 Å². The lowest BCUT2D eigenvalue weighted by atomic mass is 10.2. The molecule has 1 amide bonds. The zero-order valence-corrected chi connectivity index (χ0v) is 12.4. The van der Waals surface area contributed by atoms with Crippen LogP contribution in [0.15, 0.2) is 24.3 Å². The van der Waals surface area contributed by atoms with E-state index in [-0.39, 0.29) is 24.3 Å². The summed E-state index contributed by atoms with van der Waals surface area (Å²) >= 11 is 5.76. The van der Waals surface area contributed by atoms with Crippen LogP contribution in [0.5, 0.6) is 5.75 Å². The summed E-state index contributed by atoms with van der Waals surface area (Å²) in [5.74, 6) is -0.113. The lowest BCUT2D eigenvalue weighted by molar-refractivity contribution is -0.141. The van der Waals surface area contributed by atoms with E-state index in [9.17, 15) is 9.59 Å². The maximum Gasteiger partial charge on any atom is 0.307 e.